The zero-order chi connectivity index (χ0) is 23.8. The number of pyridine rings is 1. The van der Waals surface area contributed by atoms with Gasteiger partial charge in [-0.3, -0.25) is 9.78 Å². The van der Waals surface area contributed by atoms with Gasteiger partial charge >= 0.3 is 5.97 Å². The van der Waals surface area contributed by atoms with E-state index in [1.807, 2.05) is 44.2 Å². The molecule has 2 aromatic carbocycles. The first-order valence-electron chi connectivity index (χ1n) is 10.6. The van der Waals surface area contributed by atoms with Crippen molar-refractivity contribution in [3.05, 3.63) is 89.2 Å². The molecule has 0 fully saturated rings. The maximum absolute atomic E-state index is 13.0. The number of carbonyl (C=O) groups is 2. The number of carbonyl (C=O) groups excluding carboxylic acids is 1. The standard InChI is InChI=1S/C26H27NO6/c1-17(16-31-3)32-23-11-21(25(28)13-22-10-9-20(15-27-22)26(29)30)12-24(14-23)33-18(2)19-7-5-4-6-8-19/h4-12,14-15,17-18H,13,16H2,1-3H3,(H,29,30)/t17-,18-/m0/s1. The molecule has 7 heteroatoms. The molecule has 0 aliphatic heterocycles. The van der Waals surface area contributed by atoms with Crippen LogP contribution in [-0.2, 0) is 11.2 Å². The minimum Gasteiger partial charge on any atom is -0.488 e. The quantitative estimate of drug-likeness (QED) is 0.422. The SMILES string of the molecule is COC[C@H](C)Oc1cc(O[C@@H](C)c2ccccc2)cc(C(=O)Cc2ccc(C(=O)O)cn2)c1. The molecule has 0 unspecified atom stereocenters. The smallest absolute Gasteiger partial charge is 0.337 e. The van der Waals surface area contributed by atoms with E-state index in [0.717, 1.165) is 5.56 Å². The Morgan fingerprint density at radius 1 is 0.939 bits per heavy atom. The molecule has 172 valence electrons. The molecule has 7 nitrogen and oxygen atoms in total. The van der Waals surface area contributed by atoms with Crippen LogP contribution in [0.3, 0.4) is 0 Å². The highest BCUT2D eigenvalue weighted by Crippen LogP contribution is 2.29. The number of carboxylic acids is 1. The first-order chi connectivity index (χ1) is 15.9. The van der Waals surface area contributed by atoms with E-state index < -0.39 is 5.97 Å². The number of hydrogen-bond donors (Lipinski definition) is 1. The Bertz CT molecular complexity index is 1080. The Hall–Kier alpha value is -3.71. The van der Waals surface area contributed by atoms with Crippen LogP contribution in [0.4, 0.5) is 0 Å². The summed E-state index contributed by atoms with van der Waals surface area (Å²) in [6.45, 7) is 4.21. The van der Waals surface area contributed by atoms with Gasteiger partial charge in [0, 0.05) is 30.6 Å². The van der Waals surface area contributed by atoms with E-state index in [2.05, 4.69) is 4.98 Å². The van der Waals surface area contributed by atoms with Crippen LogP contribution < -0.4 is 9.47 Å². The Kier molecular flexibility index (Phi) is 8.16. The number of Topliss-reactive ketones (excluding diaryl/α,β-unsaturated/α-hetero) is 1. The van der Waals surface area contributed by atoms with Crippen LogP contribution in [-0.4, -0.2) is 41.7 Å². The second kappa shape index (κ2) is 11.2. The molecule has 3 rings (SSSR count). The molecule has 1 N–H and O–H groups in total. The highest BCUT2D eigenvalue weighted by atomic mass is 16.5. The van der Waals surface area contributed by atoms with Crippen LogP contribution in [0.2, 0.25) is 0 Å². The molecule has 33 heavy (non-hydrogen) atoms. The monoisotopic (exact) mass is 449 g/mol. The van der Waals surface area contributed by atoms with Crippen molar-refractivity contribution in [1.82, 2.24) is 4.98 Å². The normalized spacial score (nSPS) is 12.6. The van der Waals surface area contributed by atoms with Crippen molar-refractivity contribution in [1.29, 1.82) is 0 Å². The van der Waals surface area contributed by atoms with Crippen molar-refractivity contribution < 1.29 is 28.9 Å². The average molecular weight is 450 g/mol. The summed E-state index contributed by atoms with van der Waals surface area (Å²) < 4.78 is 17.2. The molecule has 3 aromatic rings. The summed E-state index contributed by atoms with van der Waals surface area (Å²) in [6, 6.07) is 17.8. The number of aromatic nitrogens is 1. The summed E-state index contributed by atoms with van der Waals surface area (Å²) >= 11 is 0. The van der Waals surface area contributed by atoms with E-state index in [1.54, 1.807) is 25.3 Å². The zero-order valence-corrected chi connectivity index (χ0v) is 18.9. The topological polar surface area (TPSA) is 95.0 Å². The lowest BCUT2D eigenvalue weighted by atomic mass is 10.0. The highest BCUT2D eigenvalue weighted by Gasteiger charge is 2.16. The van der Waals surface area contributed by atoms with Crippen molar-refractivity contribution in [3.8, 4) is 11.5 Å². The predicted molar refractivity (Wildman–Crippen MR) is 123 cm³/mol. The fraction of sp³-hybridized carbons (Fsp3) is 0.269. The number of ketones is 1. The molecular weight excluding hydrogens is 422 g/mol. The van der Waals surface area contributed by atoms with Gasteiger partial charge in [0.1, 0.15) is 23.7 Å². The molecule has 0 amide bonds. The molecule has 0 radical (unpaired) electrons. The molecule has 1 aromatic heterocycles. The maximum atomic E-state index is 13.0. The summed E-state index contributed by atoms with van der Waals surface area (Å²) in [7, 11) is 1.60. The number of nitrogens with zero attached hydrogens (tertiary/aromatic N) is 1. The predicted octanol–water partition coefficient (Wildman–Crippen LogP) is 4.76. The summed E-state index contributed by atoms with van der Waals surface area (Å²) in [5, 5.41) is 9.02. The van der Waals surface area contributed by atoms with Gasteiger partial charge in [-0.2, -0.15) is 0 Å². The minimum absolute atomic E-state index is 0.0185. The number of ether oxygens (including phenoxy) is 3. The lowest BCUT2D eigenvalue weighted by Crippen LogP contribution is -2.18. The molecule has 0 spiro atoms. The summed E-state index contributed by atoms with van der Waals surface area (Å²) in [5.41, 5.74) is 1.96. The Balaban J connectivity index is 1.84. The molecule has 1 heterocycles. The van der Waals surface area contributed by atoms with Gasteiger partial charge in [-0.15, -0.1) is 0 Å². The lowest BCUT2D eigenvalue weighted by Gasteiger charge is -2.19. The van der Waals surface area contributed by atoms with E-state index >= 15 is 0 Å². The van der Waals surface area contributed by atoms with Crippen molar-refractivity contribution >= 4 is 11.8 Å². The van der Waals surface area contributed by atoms with Gasteiger partial charge in [-0.1, -0.05) is 30.3 Å². The van der Waals surface area contributed by atoms with Gasteiger partial charge in [0.2, 0.25) is 0 Å². The minimum atomic E-state index is -1.07. The van der Waals surface area contributed by atoms with E-state index in [0.29, 0.717) is 29.4 Å². The third-order valence-corrected chi connectivity index (χ3v) is 4.94. The third kappa shape index (κ3) is 6.89. The number of hydrogen-bond acceptors (Lipinski definition) is 6. The molecule has 0 saturated carbocycles. The largest absolute Gasteiger partial charge is 0.488 e. The molecule has 0 aliphatic rings. The highest BCUT2D eigenvalue weighted by molar-refractivity contribution is 5.98. The number of rotatable bonds is 11. The second-order valence-electron chi connectivity index (χ2n) is 7.69. The molecule has 0 aliphatic carbocycles. The van der Waals surface area contributed by atoms with Crippen LogP contribution in [0.5, 0.6) is 11.5 Å². The summed E-state index contributed by atoms with van der Waals surface area (Å²) in [4.78, 5) is 28.1. The first-order valence-corrected chi connectivity index (χ1v) is 10.6. The van der Waals surface area contributed by atoms with Crippen molar-refractivity contribution in [2.24, 2.45) is 0 Å². The number of methoxy groups -OCH3 is 1. The van der Waals surface area contributed by atoms with Crippen LogP contribution in [0, 0.1) is 0 Å². The first kappa shape index (κ1) is 23.9. The van der Waals surface area contributed by atoms with Crippen LogP contribution in [0.15, 0.2) is 66.9 Å². The van der Waals surface area contributed by atoms with Crippen molar-refractivity contribution in [3.63, 3.8) is 0 Å². The summed E-state index contributed by atoms with van der Waals surface area (Å²) in [6.07, 6.45) is 0.813. The third-order valence-electron chi connectivity index (χ3n) is 4.94. The van der Waals surface area contributed by atoms with Gasteiger partial charge in [0.05, 0.1) is 18.6 Å². The zero-order valence-electron chi connectivity index (χ0n) is 18.9. The van der Waals surface area contributed by atoms with Gasteiger partial charge in [0.25, 0.3) is 0 Å². The lowest BCUT2D eigenvalue weighted by molar-refractivity contribution is 0.0696. The molecule has 0 saturated heterocycles. The molecule has 0 bridgehead atoms. The van der Waals surface area contributed by atoms with Gasteiger partial charge in [0.15, 0.2) is 5.78 Å². The number of aromatic carboxylic acids is 1. The van der Waals surface area contributed by atoms with E-state index in [4.69, 9.17) is 19.3 Å². The Labute approximate surface area is 193 Å². The van der Waals surface area contributed by atoms with Crippen molar-refractivity contribution in [2.75, 3.05) is 13.7 Å². The fourth-order valence-corrected chi connectivity index (χ4v) is 3.29. The number of carboxylic acid groups (broad SMARTS) is 1. The second-order valence-corrected chi connectivity index (χ2v) is 7.69. The van der Waals surface area contributed by atoms with Crippen LogP contribution >= 0.6 is 0 Å². The van der Waals surface area contributed by atoms with E-state index in [-0.39, 0.29) is 30.0 Å². The number of benzene rings is 2. The average Bonchev–Trinajstić information content (AvgIpc) is 2.80. The Morgan fingerprint density at radius 2 is 1.64 bits per heavy atom. The Morgan fingerprint density at radius 3 is 2.24 bits per heavy atom. The fourth-order valence-electron chi connectivity index (χ4n) is 3.29. The van der Waals surface area contributed by atoms with Crippen LogP contribution in [0.25, 0.3) is 0 Å². The van der Waals surface area contributed by atoms with Crippen LogP contribution in [0.1, 0.15) is 51.9 Å². The molecule has 2 atom stereocenters. The van der Waals surface area contributed by atoms with Gasteiger partial charge < -0.3 is 19.3 Å². The van der Waals surface area contributed by atoms with Crippen molar-refractivity contribution in [2.45, 2.75) is 32.5 Å². The van der Waals surface area contributed by atoms with E-state index in [9.17, 15) is 9.59 Å². The summed E-state index contributed by atoms with van der Waals surface area (Å²) in [5.74, 6) is -0.252. The maximum Gasteiger partial charge on any atom is 0.337 e. The van der Waals surface area contributed by atoms with E-state index in [1.165, 1.54) is 18.3 Å². The van der Waals surface area contributed by atoms with Gasteiger partial charge in [-0.25, -0.2) is 4.79 Å². The van der Waals surface area contributed by atoms with Gasteiger partial charge in [-0.05, 0) is 43.7 Å². The molecular formula is C26H27NO6.